The third kappa shape index (κ3) is 5.80. The average Bonchev–Trinajstić information content (AvgIpc) is 3.87. The van der Waals surface area contributed by atoms with E-state index < -0.39 is 11.9 Å². The van der Waals surface area contributed by atoms with Crippen LogP contribution in [0.5, 0.6) is 0 Å². The van der Waals surface area contributed by atoms with Crippen LogP contribution in [0, 0.1) is 11.3 Å². The maximum atomic E-state index is 13.6. The fourth-order valence-corrected chi connectivity index (χ4v) is 9.42. The highest BCUT2D eigenvalue weighted by atomic mass is 16.2. The van der Waals surface area contributed by atoms with E-state index in [0.29, 0.717) is 28.7 Å². The fraction of sp³-hybridized carbons (Fsp3) is 0.450. The standard InChI is InChI=1S/C40H45N11O5/c1-46(2)37(55)30-16-23-19-42-38(45-34(23)50(30)25-8-5-6-9-25)43-31-14-12-26(20-41-31)47(3)36(54)24-17-40(18-24)21-49(22-40)27-10-7-11-28-33(27)48(4)39(56)51(28)29-13-15-32(52)44-35(29)53/h7,10-12,14,16,19-20,24-25,29H,5-6,8-9,13,15,17-18,21-22H2,1-4H3,(H,44,52,53)(H,41,42,43,45)/t29-/m1/s1. The van der Waals surface area contributed by atoms with Crippen LogP contribution in [0.4, 0.5) is 23.1 Å². The number of carbonyl (C=O) groups is 4. The van der Waals surface area contributed by atoms with E-state index in [2.05, 4.69) is 30.1 Å². The van der Waals surface area contributed by atoms with Crippen LogP contribution < -0.4 is 26.1 Å². The molecule has 16 heteroatoms. The zero-order valence-electron chi connectivity index (χ0n) is 32.0. The van der Waals surface area contributed by atoms with Crippen molar-refractivity contribution in [3.05, 3.63) is 65.0 Å². The van der Waals surface area contributed by atoms with Gasteiger partial charge in [-0.25, -0.2) is 14.8 Å². The summed E-state index contributed by atoms with van der Waals surface area (Å²) in [6, 6.07) is 10.7. The van der Waals surface area contributed by atoms with Gasteiger partial charge >= 0.3 is 5.69 Å². The van der Waals surface area contributed by atoms with Gasteiger partial charge in [-0.3, -0.25) is 33.6 Å². The SMILES string of the molecule is CN(C)C(=O)c1cc2cnc(Nc3ccc(N(C)C(=O)C4CC5(C4)CN(c4cccc6c4n(C)c(=O)n6[C@@H]4CCC(=O)NC4=O)C5)cn3)nc2n1C1CCCC1. The predicted molar refractivity (Wildman–Crippen MR) is 210 cm³/mol. The maximum Gasteiger partial charge on any atom is 0.329 e. The summed E-state index contributed by atoms with van der Waals surface area (Å²) < 4.78 is 5.17. The topological polar surface area (TPSA) is 173 Å². The summed E-state index contributed by atoms with van der Waals surface area (Å²) >= 11 is 0. The number of aromatic nitrogens is 6. The number of amides is 4. The predicted octanol–water partition coefficient (Wildman–Crippen LogP) is 3.90. The van der Waals surface area contributed by atoms with Crippen LogP contribution in [0.3, 0.4) is 0 Å². The number of anilines is 4. The summed E-state index contributed by atoms with van der Waals surface area (Å²) in [6.45, 7) is 1.54. The normalized spacial score (nSPS) is 19.6. The van der Waals surface area contributed by atoms with Gasteiger partial charge < -0.3 is 24.6 Å². The monoisotopic (exact) mass is 759 g/mol. The van der Waals surface area contributed by atoms with Crippen LogP contribution >= 0.6 is 0 Å². The highest BCUT2D eigenvalue weighted by molar-refractivity contribution is 6.01. The van der Waals surface area contributed by atoms with Crippen molar-refractivity contribution in [1.29, 1.82) is 0 Å². The second-order valence-electron chi connectivity index (χ2n) is 16.2. The summed E-state index contributed by atoms with van der Waals surface area (Å²) in [4.78, 5) is 83.9. The van der Waals surface area contributed by atoms with Crippen molar-refractivity contribution in [2.45, 2.75) is 63.5 Å². The van der Waals surface area contributed by atoms with Crippen LogP contribution in [0.15, 0.2) is 53.6 Å². The number of fused-ring (bicyclic) bond motifs is 2. The van der Waals surface area contributed by atoms with Gasteiger partial charge in [0, 0.05) is 76.7 Å². The first-order valence-corrected chi connectivity index (χ1v) is 19.3. The Balaban J connectivity index is 0.843. The minimum Gasteiger partial charge on any atom is -0.369 e. The number of nitrogens with one attached hydrogen (secondary N) is 2. The van der Waals surface area contributed by atoms with Crippen LogP contribution in [0.25, 0.3) is 22.1 Å². The number of benzene rings is 1. The Bertz CT molecular complexity index is 2480. The van der Waals surface area contributed by atoms with E-state index >= 15 is 0 Å². The van der Waals surface area contributed by atoms with E-state index in [1.807, 2.05) is 30.3 Å². The molecular formula is C40H45N11O5. The molecule has 0 bridgehead atoms. The number of imide groups is 1. The molecule has 4 fully saturated rings. The van der Waals surface area contributed by atoms with Gasteiger partial charge in [-0.1, -0.05) is 18.9 Å². The molecular weight excluding hydrogens is 715 g/mol. The zero-order valence-corrected chi connectivity index (χ0v) is 32.0. The second kappa shape index (κ2) is 13.3. The van der Waals surface area contributed by atoms with Crippen molar-refractivity contribution < 1.29 is 19.2 Å². The van der Waals surface area contributed by atoms with E-state index in [1.54, 1.807) is 61.0 Å². The van der Waals surface area contributed by atoms with Crippen molar-refractivity contribution in [2.24, 2.45) is 18.4 Å². The van der Waals surface area contributed by atoms with E-state index in [0.717, 1.165) is 73.9 Å². The van der Waals surface area contributed by atoms with E-state index in [1.165, 1.54) is 4.57 Å². The number of imidazole rings is 1. The van der Waals surface area contributed by atoms with E-state index in [-0.39, 0.29) is 53.6 Å². The highest BCUT2D eigenvalue weighted by Crippen LogP contribution is 2.54. The first kappa shape index (κ1) is 35.6. The number of aryl methyl sites for hydroxylation is 1. The minimum absolute atomic E-state index is 0.0274. The molecule has 1 aromatic carbocycles. The zero-order chi connectivity index (χ0) is 39.0. The lowest BCUT2D eigenvalue weighted by Crippen LogP contribution is -2.64. The molecule has 2 saturated heterocycles. The lowest BCUT2D eigenvalue weighted by Gasteiger charge is -2.59. The Labute approximate surface area is 322 Å². The lowest BCUT2D eigenvalue weighted by molar-refractivity contribution is -0.135. The van der Waals surface area contributed by atoms with Gasteiger partial charge in [0.25, 0.3) is 5.91 Å². The molecule has 5 aromatic rings. The van der Waals surface area contributed by atoms with Gasteiger partial charge in [-0.05, 0) is 62.4 Å². The molecule has 2 aliphatic heterocycles. The molecule has 0 unspecified atom stereocenters. The molecule has 2 aliphatic carbocycles. The Kier molecular flexibility index (Phi) is 8.47. The van der Waals surface area contributed by atoms with E-state index in [4.69, 9.17) is 4.98 Å². The molecule has 4 aliphatic rings. The van der Waals surface area contributed by atoms with Gasteiger partial charge in [0.1, 0.15) is 23.2 Å². The molecule has 56 heavy (non-hydrogen) atoms. The highest BCUT2D eigenvalue weighted by Gasteiger charge is 2.55. The van der Waals surface area contributed by atoms with Crippen molar-refractivity contribution in [1.82, 2.24) is 38.9 Å². The number of rotatable bonds is 8. The number of piperidine rings is 1. The second-order valence-corrected chi connectivity index (χ2v) is 16.2. The minimum atomic E-state index is -0.737. The van der Waals surface area contributed by atoms with Gasteiger partial charge in [0.15, 0.2) is 0 Å². The number of nitrogens with zero attached hydrogens (tertiary/aromatic N) is 9. The molecule has 4 amide bonds. The Morgan fingerprint density at radius 1 is 0.946 bits per heavy atom. The third-order valence-corrected chi connectivity index (χ3v) is 12.3. The van der Waals surface area contributed by atoms with Crippen molar-refractivity contribution in [3.8, 4) is 0 Å². The van der Waals surface area contributed by atoms with Crippen LogP contribution in [0.1, 0.15) is 73.9 Å². The molecule has 2 saturated carbocycles. The number of hydrogen-bond donors (Lipinski definition) is 2. The summed E-state index contributed by atoms with van der Waals surface area (Å²) in [5.74, 6) is 0.0261. The molecule has 290 valence electrons. The molecule has 16 nitrogen and oxygen atoms in total. The largest absolute Gasteiger partial charge is 0.369 e. The third-order valence-electron chi connectivity index (χ3n) is 12.3. The molecule has 9 rings (SSSR count). The first-order valence-electron chi connectivity index (χ1n) is 19.3. The Hall–Kier alpha value is -6.06. The summed E-state index contributed by atoms with van der Waals surface area (Å²) in [5.41, 5.74) is 4.10. The molecule has 4 aromatic heterocycles. The summed E-state index contributed by atoms with van der Waals surface area (Å²) in [6.07, 6.45) is 9.68. The van der Waals surface area contributed by atoms with Crippen LogP contribution in [-0.4, -0.2) is 91.4 Å². The summed E-state index contributed by atoms with van der Waals surface area (Å²) in [5, 5.41) is 6.38. The Morgan fingerprint density at radius 2 is 1.71 bits per heavy atom. The van der Waals surface area contributed by atoms with Gasteiger partial charge in [0.2, 0.25) is 23.7 Å². The van der Waals surface area contributed by atoms with Crippen LogP contribution in [-0.2, 0) is 21.4 Å². The average molecular weight is 760 g/mol. The molecule has 2 N–H and O–H groups in total. The molecule has 1 atom stereocenters. The Morgan fingerprint density at radius 3 is 2.41 bits per heavy atom. The molecule has 0 radical (unpaired) electrons. The van der Waals surface area contributed by atoms with Crippen molar-refractivity contribution >= 4 is 68.8 Å². The molecule has 6 heterocycles. The summed E-state index contributed by atoms with van der Waals surface area (Å²) in [7, 11) is 7.00. The van der Waals surface area contributed by atoms with Gasteiger partial charge in [0.05, 0.1) is 28.6 Å². The fourth-order valence-electron chi connectivity index (χ4n) is 9.42. The first-order chi connectivity index (χ1) is 26.9. The lowest BCUT2D eigenvalue weighted by atomic mass is 9.57. The number of hydrogen-bond acceptors (Lipinski definition) is 10. The number of para-hydroxylation sites is 1. The van der Waals surface area contributed by atoms with Gasteiger partial charge in [-0.2, -0.15) is 4.98 Å². The quantitative estimate of drug-likeness (QED) is 0.221. The number of carbonyl (C=O) groups excluding carboxylic acids is 4. The van der Waals surface area contributed by atoms with Gasteiger partial charge in [-0.15, -0.1) is 0 Å². The van der Waals surface area contributed by atoms with E-state index in [9.17, 15) is 24.0 Å². The van der Waals surface area contributed by atoms with Crippen molar-refractivity contribution in [3.63, 3.8) is 0 Å². The van der Waals surface area contributed by atoms with Crippen LogP contribution in [0.2, 0.25) is 0 Å². The van der Waals surface area contributed by atoms with Crippen molar-refractivity contribution in [2.75, 3.05) is 49.3 Å². The number of pyridine rings is 1. The molecule has 1 spiro atoms. The smallest absolute Gasteiger partial charge is 0.329 e. The maximum absolute atomic E-state index is 13.6.